The maximum absolute atomic E-state index is 12.2. The molecule has 0 bridgehead atoms. The van der Waals surface area contributed by atoms with Crippen molar-refractivity contribution in [3.63, 3.8) is 0 Å². The Balaban J connectivity index is 1.91. The molecule has 1 amide bonds. The first-order valence-corrected chi connectivity index (χ1v) is 7.28. The number of hydrogen-bond acceptors (Lipinski definition) is 4. The minimum absolute atomic E-state index is 0.0428. The van der Waals surface area contributed by atoms with E-state index >= 15 is 0 Å². The molecule has 1 N–H and O–H groups in total. The summed E-state index contributed by atoms with van der Waals surface area (Å²) in [4.78, 5) is 16.5. The minimum Gasteiger partial charge on any atom is -0.469 e. The molecule has 0 radical (unpaired) electrons. The molecular weight excluding hydrogens is 268 g/mol. The van der Waals surface area contributed by atoms with Crippen LogP contribution in [-0.2, 0) is 6.42 Å². The van der Waals surface area contributed by atoms with Crippen molar-refractivity contribution in [3.8, 4) is 0 Å². The number of nitrogens with zero attached hydrogens (tertiary/aromatic N) is 1. The van der Waals surface area contributed by atoms with Gasteiger partial charge in [0.2, 0.25) is 0 Å². The first kappa shape index (κ1) is 15.4. The number of carbonyl (C=O) groups excluding carboxylic acids is 1. The van der Waals surface area contributed by atoms with Crippen LogP contribution < -0.4 is 5.32 Å². The molecule has 2 heterocycles. The summed E-state index contributed by atoms with van der Waals surface area (Å²) >= 11 is 0. The van der Waals surface area contributed by atoms with Crippen molar-refractivity contribution < 1.29 is 13.6 Å². The van der Waals surface area contributed by atoms with Crippen LogP contribution in [0.2, 0.25) is 0 Å². The zero-order chi connectivity index (χ0) is 15.4. The molecule has 0 aliphatic heterocycles. The molecule has 0 aliphatic rings. The van der Waals surface area contributed by atoms with E-state index < -0.39 is 0 Å². The Morgan fingerprint density at radius 2 is 2.14 bits per heavy atom. The molecule has 2 rings (SSSR count). The van der Waals surface area contributed by atoms with E-state index in [0.29, 0.717) is 17.3 Å². The van der Waals surface area contributed by atoms with Gasteiger partial charge in [0, 0.05) is 18.4 Å². The molecule has 2 aromatic heterocycles. The summed E-state index contributed by atoms with van der Waals surface area (Å²) in [7, 11) is 0. The quantitative estimate of drug-likeness (QED) is 0.884. The summed E-state index contributed by atoms with van der Waals surface area (Å²) in [5.74, 6) is 2.07. The van der Waals surface area contributed by atoms with Crippen LogP contribution in [0.3, 0.4) is 0 Å². The van der Waals surface area contributed by atoms with Crippen LogP contribution >= 0.6 is 0 Å². The second-order valence-corrected chi connectivity index (χ2v) is 5.60. The van der Waals surface area contributed by atoms with E-state index in [2.05, 4.69) is 10.3 Å². The number of hydrogen-bond donors (Lipinski definition) is 1. The topological polar surface area (TPSA) is 68.3 Å². The van der Waals surface area contributed by atoms with Gasteiger partial charge in [-0.05, 0) is 32.4 Å². The second kappa shape index (κ2) is 6.61. The predicted octanol–water partition coefficient (Wildman–Crippen LogP) is 3.45. The Bertz CT molecular complexity index is 585. The van der Waals surface area contributed by atoms with Crippen LogP contribution in [0.5, 0.6) is 0 Å². The predicted molar refractivity (Wildman–Crippen MR) is 79.3 cm³/mol. The molecule has 5 heteroatoms. The Morgan fingerprint density at radius 3 is 2.71 bits per heavy atom. The molecular formula is C16H22N2O3. The number of aromatic nitrogens is 1. The van der Waals surface area contributed by atoms with Gasteiger partial charge in [0.05, 0.1) is 6.26 Å². The highest BCUT2D eigenvalue weighted by molar-refractivity contribution is 5.93. The molecule has 0 fully saturated rings. The van der Waals surface area contributed by atoms with E-state index in [9.17, 15) is 4.79 Å². The number of carbonyl (C=O) groups is 1. The van der Waals surface area contributed by atoms with Gasteiger partial charge in [-0.1, -0.05) is 13.8 Å². The Morgan fingerprint density at radius 1 is 1.38 bits per heavy atom. The van der Waals surface area contributed by atoms with E-state index in [1.807, 2.05) is 32.9 Å². The summed E-state index contributed by atoms with van der Waals surface area (Å²) in [5.41, 5.74) is 0.378. The first-order valence-electron chi connectivity index (χ1n) is 7.28. The fourth-order valence-corrected chi connectivity index (χ4v) is 2.05. The maximum atomic E-state index is 12.2. The first-order chi connectivity index (χ1) is 9.97. The van der Waals surface area contributed by atoms with Crippen LogP contribution in [0.15, 0.2) is 27.2 Å². The Hall–Kier alpha value is -2.04. The van der Waals surface area contributed by atoms with Crippen LogP contribution in [0.25, 0.3) is 0 Å². The fourth-order valence-electron chi connectivity index (χ4n) is 2.05. The van der Waals surface area contributed by atoms with Gasteiger partial charge in [-0.15, -0.1) is 0 Å². The number of aryl methyl sites for hydroxylation is 2. The number of amides is 1. The zero-order valence-corrected chi connectivity index (χ0v) is 13.0. The van der Waals surface area contributed by atoms with Crippen molar-refractivity contribution >= 4 is 5.91 Å². The van der Waals surface area contributed by atoms with E-state index in [1.165, 1.54) is 0 Å². The molecule has 1 atom stereocenters. The monoisotopic (exact) mass is 290 g/mol. The summed E-state index contributed by atoms with van der Waals surface area (Å²) in [6.45, 7) is 7.71. The fraction of sp³-hybridized carbons (Fsp3) is 0.500. The normalized spacial score (nSPS) is 12.6. The highest BCUT2D eigenvalue weighted by atomic mass is 16.4. The lowest BCUT2D eigenvalue weighted by Crippen LogP contribution is -2.33. The third-order valence-corrected chi connectivity index (χ3v) is 3.30. The summed E-state index contributed by atoms with van der Waals surface area (Å²) in [6.07, 6.45) is 3.27. The number of oxazole rings is 1. The van der Waals surface area contributed by atoms with Crippen LogP contribution in [0, 0.1) is 6.92 Å². The lowest BCUT2D eigenvalue weighted by atomic mass is 10.1. The standard InChI is InChI=1S/C16H22N2O3/c1-10(2)16-18-14(12(4)21-16)15(19)17-11(3)7-8-13-6-5-9-20-13/h5-6,9-11H,7-8H2,1-4H3,(H,17,19)/t11-/m0/s1. The molecule has 0 saturated heterocycles. The largest absolute Gasteiger partial charge is 0.469 e. The number of furan rings is 1. The Labute approximate surface area is 124 Å². The van der Waals surface area contributed by atoms with E-state index in [0.717, 1.165) is 18.6 Å². The van der Waals surface area contributed by atoms with Crippen molar-refractivity contribution in [2.45, 2.75) is 52.5 Å². The summed E-state index contributed by atoms with van der Waals surface area (Å²) in [5, 5.41) is 2.95. The summed E-state index contributed by atoms with van der Waals surface area (Å²) in [6, 6.07) is 3.84. The van der Waals surface area contributed by atoms with Crippen molar-refractivity contribution in [3.05, 3.63) is 41.5 Å². The van der Waals surface area contributed by atoms with Gasteiger partial charge >= 0.3 is 0 Å². The van der Waals surface area contributed by atoms with Gasteiger partial charge in [-0.2, -0.15) is 0 Å². The molecule has 0 aliphatic carbocycles. The molecule has 0 spiro atoms. The zero-order valence-electron chi connectivity index (χ0n) is 13.0. The average molecular weight is 290 g/mol. The van der Waals surface area contributed by atoms with E-state index in [4.69, 9.17) is 8.83 Å². The number of nitrogens with one attached hydrogen (secondary N) is 1. The molecule has 5 nitrogen and oxygen atoms in total. The second-order valence-electron chi connectivity index (χ2n) is 5.60. The van der Waals surface area contributed by atoms with Crippen LogP contribution in [-0.4, -0.2) is 16.9 Å². The maximum Gasteiger partial charge on any atom is 0.273 e. The average Bonchev–Trinajstić information content (AvgIpc) is 3.05. The van der Waals surface area contributed by atoms with Gasteiger partial charge in [0.25, 0.3) is 5.91 Å². The van der Waals surface area contributed by atoms with Gasteiger partial charge in [0.15, 0.2) is 11.6 Å². The summed E-state index contributed by atoms with van der Waals surface area (Å²) < 4.78 is 10.8. The molecule has 0 unspecified atom stereocenters. The molecule has 2 aromatic rings. The lowest BCUT2D eigenvalue weighted by Gasteiger charge is -2.12. The lowest BCUT2D eigenvalue weighted by molar-refractivity contribution is 0.0932. The minimum atomic E-state index is -0.185. The molecule has 21 heavy (non-hydrogen) atoms. The SMILES string of the molecule is Cc1oc(C(C)C)nc1C(=O)N[C@@H](C)CCc1ccco1. The highest BCUT2D eigenvalue weighted by Gasteiger charge is 2.20. The molecule has 0 aromatic carbocycles. The highest BCUT2D eigenvalue weighted by Crippen LogP contribution is 2.17. The van der Waals surface area contributed by atoms with Gasteiger partial charge in [-0.3, -0.25) is 4.79 Å². The van der Waals surface area contributed by atoms with E-state index in [1.54, 1.807) is 13.2 Å². The van der Waals surface area contributed by atoms with Crippen molar-refractivity contribution in [1.82, 2.24) is 10.3 Å². The van der Waals surface area contributed by atoms with Crippen molar-refractivity contribution in [2.75, 3.05) is 0 Å². The van der Waals surface area contributed by atoms with Gasteiger partial charge in [-0.25, -0.2) is 4.98 Å². The third kappa shape index (κ3) is 3.97. The third-order valence-electron chi connectivity index (χ3n) is 3.30. The Kier molecular flexibility index (Phi) is 4.83. The van der Waals surface area contributed by atoms with Crippen LogP contribution in [0.1, 0.15) is 61.0 Å². The van der Waals surface area contributed by atoms with Crippen molar-refractivity contribution in [1.29, 1.82) is 0 Å². The molecule has 114 valence electrons. The van der Waals surface area contributed by atoms with Gasteiger partial charge in [0.1, 0.15) is 11.5 Å². The smallest absolute Gasteiger partial charge is 0.273 e. The van der Waals surface area contributed by atoms with E-state index in [-0.39, 0.29) is 17.9 Å². The van der Waals surface area contributed by atoms with Gasteiger partial charge < -0.3 is 14.2 Å². The van der Waals surface area contributed by atoms with Crippen LogP contribution in [0.4, 0.5) is 0 Å². The van der Waals surface area contributed by atoms with Crippen molar-refractivity contribution in [2.24, 2.45) is 0 Å². The molecule has 0 saturated carbocycles. The number of rotatable bonds is 6.